The minimum atomic E-state index is -1.10. The molecule has 0 unspecified atom stereocenters. The Bertz CT molecular complexity index is 1200. The second kappa shape index (κ2) is 13.2. The van der Waals surface area contributed by atoms with Gasteiger partial charge in [0.1, 0.15) is 17.7 Å². The molecule has 0 heterocycles. The zero-order valence-corrected chi connectivity index (χ0v) is 27.1. The van der Waals surface area contributed by atoms with Crippen LogP contribution in [0.4, 0.5) is 0 Å². The third-order valence-corrected chi connectivity index (χ3v) is 11.9. The Morgan fingerprint density at radius 1 is 1.14 bits per heavy atom. The van der Waals surface area contributed by atoms with Crippen molar-refractivity contribution in [3.8, 4) is 12.3 Å². The SMILES string of the molecule is C#C[C@@]1(O)CC[C@@H]2[C@@H]3CCC4=C/C(=N\OCC(=O)N[C@H](C(=O)N[C@@H](CCSC)C(=O)O)C(C)C)CC[C@]4(C)[C@@H]3CC[C@@]21C. The average Bonchev–Trinajstić information content (AvgIpc) is 3.24. The van der Waals surface area contributed by atoms with E-state index in [9.17, 15) is 24.6 Å². The number of carboxylic acid groups (broad SMARTS) is 1. The second-order valence-corrected chi connectivity index (χ2v) is 14.8. The van der Waals surface area contributed by atoms with E-state index in [4.69, 9.17) is 11.3 Å². The van der Waals surface area contributed by atoms with Crippen molar-refractivity contribution in [3.05, 3.63) is 11.6 Å². The highest BCUT2D eigenvalue weighted by atomic mass is 32.2. The number of rotatable bonds is 11. The monoisotopic (exact) mass is 615 g/mol. The van der Waals surface area contributed by atoms with Gasteiger partial charge in [0.2, 0.25) is 5.91 Å². The van der Waals surface area contributed by atoms with Gasteiger partial charge in [0.15, 0.2) is 6.61 Å². The molecule has 4 aliphatic carbocycles. The van der Waals surface area contributed by atoms with Gasteiger partial charge in [-0.3, -0.25) is 9.59 Å². The molecule has 10 heteroatoms. The van der Waals surface area contributed by atoms with Gasteiger partial charge in [0.05, 0.1) is 5.71 Å². The fourth-order valence-electron chi connectivity index (χ4n) is 8.57. The summed E-state index contributed by atoms with van der Waals surface area (Å²) in [5.41, 5.74) is 1.09. The van der Waals surface area contributed by atoms with E-state index in [2.05, 4.69) is 41.6 Å². The molecule has 0 aliphatic heterocycles. The highest BCUT2D eigenvalue weighted by Crippen LogP contribution is 2.67. The zero-order valence-electron chi connectivity index (χ0n) is 26.3. The molecule has 3 saturated carbocycles. The van der Waals surface area contributed by atoms with Gasteiger partial charge in [0.25, 0.3) is 5.91 Å². The minimum Gasteiger partial charge on any atom is -0.480 e. The molecule has 0 bridgehead atoms. The van der Waals surface area contributed by atoms with Crippen LogP contribution in [0.25, 0.3) is 0 Å². The van der Waals surface area contributed by atoms with Gasteiger partial charge < -0.3 is 25.7 Å². The summed E-state index contributed by atoms with van der Waals surface area (Å²) in [5.74, 6) is 2.55. The van der Waals surface area contributed by atoms with Gasteiger partial charge in [-0.25, -0.2) is 4.79 Å². The van der Waals surface area contributed by atoms with Crippen molar-refractivity contribution in [2.24, 2.45) is 39.7 Å². The third-order valence-electron chi connectivity index (χ3n) is 11.2. The molecule has 238 valence electrons. The van der Waals surface area contributed by atoms with Crippen LogP contribution in [-0.2, 0) is 19.2 Å². The minimum absolute atomic E-state index is 0.0823. The molecule has 9 nitrogen and oxygen atoms in total. The summed E-state index contributed by atoms with van der Waals surface area (Å²) in [4.78, 5) is 42.5. The molecule has 0 aromatic rings. The number of fused-ring (bicyclic) bond motifs is 5. The summed E-state index contributed by atoms with van der Waals surface area (Å²) in [6, 6.07) is -1.90. The lowest BCUT2D eigenvalue weighted by Gasteiger charge is -2.58. The number of terminal acetylenes is 1. The lowest BCUT2D eigenvalue weighted by molar-refractivity contribution is -0.142. The van der Waals surface area contributed by atoms with Crippen LogP contribution < -0.4 is 10.6 Å². The normalized spacial score (nSPS) is 35.4. The predicted molar refractivity (Wildman–Crippen MR) is 168 cm³/mol. The van der Waals surface area contributed by atoms with E-state index >= 15 is 0 Å². The first kappa shape index (κ1) is 33.4. The summed E-state index contributed by atoms with van der Waals surface area (Å²) in [5, 5.41) is 30.2. The lowest BCUT2D eigenvalue weighted by atomic mass is 9.46. The number of nitrogens with zero attached hydrogens (tertiary/aromatic N) is 1. The third kappa shape index (κ3) is 6.49. The number of thioether (sulfide) groups is 1. The molecular weight excluding hydrogens is 566 g/mol. The summed E-state index contributed by atoms with van der Waals surface area (Å²) < 4.78 is 0. The van der Waals surface area contributed by atoms with E-state index < -0.39 is 35.5 Å². The topological polar surface area (TPSA) is 137 Å². The van der Waals surface area contributed by atoms with E-state index in [0.29, 0.717) is 36.3 Å². The molecule has 43 heavy (non-hydrogen) atoms. The Kier molecular flexibility index (Phi) is 10.3. The first-order valence-electron chi connectivity index (χ1n) is 15.7. The largest absolute Gasteiger partial charge is 0.480 e. The Morgan fingerprint density at radius 2 is 1.86 bits per heavy atom. The number of hydrogen-bond donors (Lipinski definition) is 4. The summed E-state index contributed by atoms with van der Waals surface area (Å²) >= 11 is 1.50. The first-order valence-corrected chi connectivity index (χ1v) is 17.1. The molecule has 0 saturated heterocycles. The van der Waals surface area contributed by atoms with E-state index in [1.165, 1.54) is 17.3 Å². The average molecular weight is 616 g/mol. The smallest absolute Gasteiger partial charge is 0.326 e. The maximum Gasteiger partial charge on any atom is 0.326 e. The first-order chi connectivity index (χ1) is 20.3. The number of carboxylic acids is 1. The molecule has 2 amide bonds. The Hall–Kier alpha value is -2.51. The van der Waals surface area contributed by atoms with Crippen molar-refractivity contribution in [3.63, 3.8) is 0 Å². The van der Waals surface area contributed by atoms with Gasteiger partial charge >= 0.3 is 5.97 Å². The molecule has 0 aromatic carbocycles. The van der Waals surface area contributed by atoms with Crippen molar-refractivity contribution in [2.75, 3.05) is 18.6 Å². The van der Waals surface area contributed by atoms with Crippen molar-refractivity contribution in [2.45, 2.75) is 103 Å². The van der Waals surface area contributed by atoms with Crippen molar-refractivity contribution < 1.29 is 29.4 Å². The maximum absolute atomic E-state index is 12.8. The molecule has 4 N–H and O–H groups in total. The molecule has 4 aliphatic rings. The molecule has 8 atom stereocenters. The number of aliphatic hydroxyl groups is 1. The zero-order chi connectivity index (χ0) is 31.6. The van der Waals surface area contributed by atoms with Gasteiger partial charge in [-0.2, -0.15) is 11.8 Å². The standard InChI is InChI=1S/C33H49N3O6S/c1-7-33(41)16-12-25-23-9-8-21-18-22(10-14-31(21,4)24(23)11-15-32(25,33)5)36-42-19-27(37)35-28(20(2)3)29(38)34-26(30(39)40)13-17-43-6/h1,18,20,23-26,28,41H,8-17,19H2,2-6H3,(H,34,38)(H,35,37)(H,39,40)/b36-22-/t23-,24-,25-,26+,28+,31+,32+,33-/m1/s1. The van der Waals surface area contributed by atoms with E-state index in [0.717, 1.165) is 50.7 Å². The molecule has 3 fully saturated rings. The van der Waals surface area contributed by atoms with Crippen LogP contribution in [0, 0.1) is 46.8 Å². The molecule has 0 spiro atoms. The van der Waals surface area contributed by atoms with E-state index in [-0.39, 0.29) is 23.4 Å². The van der Waals surface area contributed by atoms with Crippen LogP contribution in [0.5, 0.6) is 0 Å². The van der Waals surface area contributed by atoms with Gasteiger partial charge in [0, 0.05) is 5.41 Å². The quantitative estimate of drug-likeness (QED) is 0.202. The number of carbonyl (C=O) groups excluding carboxylic acids is 2. The Balaban J connectivity index is 1.34. The van der Waals surface area contributed by atoms with Crippen LogP contribution in [0.15, 0.2) is 16.8 Å². The number of allylic oxidation sites excluding steroid dienone is 2. The van der Waals surface area contributed by atoms with Gasteiger partial charge in [-0.1, -0.05) is 44.3 Å². The summed E-state index contributed by atoms with van der Waals surface area (Å²) in [7, 11) is 0. The summed E-state index contributed by atoms with van der Waals surface area (Å²) in [6.07, 6.45) is 17.6. The molecule has 0 aromatic heterocycles. The molecule has 0 radical (unpaired) electrons. The van der Waals surface area contributed by atoms with E-state index in [1.807, 2.05) is 6.26 Å². The number of nitrogens with one attached hydrogen (secondary N) is 2. The van der Waals surface area contributed by atoms with Crippen molar-refractivity contribution >= 4 is 35.3 Å². The van der Waals surface area contributed by atoms with Crippen LogP contribution >= 0.6 is 11.8 Å². The number of hydrogen-bond acceptors (Lipinski definition) is 7. The van der Waals surface area contributed by atoms with Gasteiger partial charge in [-0.05, 0) is 105 Å². The van der Waals surface area contributed by atoms with Crippen molar-refractivity contribution in [1.82, 2.24) is 10.6 Å². The lowest BCUT2D eigenvalue weighted by Crippen LogP contribution is -2.54. The maximum atomic E-state index is 12.8. The number of oxime groups is 1. The molecule has 4 rings (SSSR count). The molecular formula is C33H49N3O6S. The predicted octanol–water partition coefficient (Wildman–Crippen LogP) is 4.15. The van der Waals surface area contributed by atoms with Crippen LogP contribution in [0.2, 0.25) is 0 Å². The van der Waals surface area contributed by atoms with Crippen LogP contribution in [-0.4, -0.2) is 70.0 Å². The fourth-order valence-corrected chi connectivity index (χ4v) is 9.05. The van der Waals surface area contributed by atoms with Gasteiger partial charge in [-0.15, -0.1) is 6.42 Å². The van der Waals surface area contributed by atoms with Crippen LogP contribution in [0.3, 0.4) is 0 Å². The highest BCUT2D eigenvalue weighted by Gasteiger charge is 2.63. The van der Waals surface area contributed by atoms with Crippen LogP contribution in [0.1, 0.15) is 85.5 Å². The Morgan fingerprint density at radius 3 is 2.51 bits per heavy atom. The Labute approximate surface area is 260 Å². The van der Waals surface area contributed by atoms with E-state index in [1.54, 1.807) is 13.8 Å². The fraction of sp³-hybridized carbons (Fsp3) is 0.758. The number of amides is 2. The summed E-state index contributed by atoms with van der Waals surface area (Å²) in [6.45, 7) is 7.84. The number of carbonyl (C=O) groups is 3. The highest BCUT2D eigenvalue weighted by molar-refractivity contribution is 7.98. The second-order valence-electron chi connectivity index (χ2n) is 13.8. The van der Waals surface area contributed by atoms with Crippen molar-refractivity contribution in [1.29, 1.82) is 0 Å². The number of aliphatic carboxylic acids is 1.